The molecule has 2 aromatic carbocycles. The van der Waals surface area contributed by atoms with Crippen molar-refractivity contribution in [3.63, 3.8) is 0 Å². The molecule has 0 aromatic heterocycles. The number of amides is 1. The van der Waals surface area contributed by atoms with Crippen LogP contribution in [0.2, 0.25) is 0 Å². The number of rotatable bonds is 5. The maximum absolute atomic E-state index is 12.8. The van der Waals surface area contributed by atoms with Gasteiger partial charge in [0.1, 0.15) is 5.82 Å². The number of nitrogens with one attached hydrogen (secondary N) is 1. The van der Waals surface area contributed by atoms with Crippen molar-refractivity contribution in [3.05, 3.63) is 71.6 Å². The number of hydrogen-bond donors (Lipinski definition) is 1. The van der Waals surface area contributed by atoms with E-state index < -0.39 is 5.97 Å². The Bertz CT molecular complexity index is 706. The van der Waals surface area contributed by atoms with E-state index in [2.05, 4.69) is 5.32 Å². The van der Waals surface area contributed by atoms with E-state index in [1.165, 1.54) is 18.2 Å². The molecule has 0 aliphatic carbocycles. The third-order valence-electron chi connectivity index (χ3n) is 2.96. The summed E-state index contributed by atoms with van der Waals surface area (Å²) in [4.78, 5) is 23.3. The molecular weight excluding hydrogens is 297 g/mol. The number of carbonyl (C=O) groups excluding carboxylic acids is 2. The van der Waals surface area contributed by atoms with Gasteiger partial charge in [-0.1, -0.05) is 12.1 Å². The maximum atomic E-state index is 12.8. The highest BCUT2D eigenvalue weighted by molar-refractivity contribution is 6.02. The number of esters is 1. The molecule has 0 radical (unpaired) electrons. The van der Waals surface area contributed by atoms with E-state index in [0.29, 0.717) is 17.9 Å². The minimum atomic E-state index is -0.401. The second-order valence-corrected chi connectivity index (χ2v) is 4.67. The van der Waals surface area contributed by atoms with Crippen LogP contribution in [0.25, 0.3) is 6.08 Å². The minimum absolute atomic E-state index is 0.311. The molecule has 0 heterocycles. The Morgan fingerprint density at radius 1 is 1.09 bits per heavy atom. The lowest BCUT2D eigenvalue weighted by Gasteiger charge is -2.04. The minimum Gasteiger partial charge on any atom is -0.462 e. The van der Waals surface area contributed by atoms with Crippen molar-refractivity contribution in [2.24, 2.45) is 0 Å². The molecule has 0 fully saturated rings. The van der Waals surface area contributed by atoms with Crippen LogP contribution in [0, 0.1) is 5.82 Å². The summed E-state index contributed by atoms with van der Waals surface area (Å²) in [5, 5.41) is 2.67. The monoisotopic (exact) mass is 313 g/mol. The first-order valence-corrected chi connectivity index (χ1v) is 7.10. The summed E-state index contributed by atoms with van der Waals surface area (Å²) in [5.74, 6) is -1.05. The Labute approximate surface area is 133 Å². The predicted molar refractivity (Wildman–Crippen MR) is 86.5 cm³/mol. The van der Waals surface area contributed by atoms with E-state index in [4.69, 9.17) is 4.74 Å². The van der Waals surface area contributed by atoms with E-state index in [-0.39, 0.29) is 11.7 Å². The molecule has 2 aromatic rings. The molecule has 0 bridgehead atoms. The zero-order chi connectivity index (χ0) is 16.7. The van der Waals surface area contributed by atoms with Crippen LogP contribution in [-0.4, -0.2) is 18.5 Å². The van der Waals surface area contributed by atoms with Crippen LogP contribution in [0.4, 0.5) is 10.1 Å². The first-order valence-electron chi connectivity index (χ1n) is 7.10. The van der Waals surface area contributed by atoms with Gasteiger partial charge in [0.05, 0.1) is 12.2 Å². The second-order valence-electron chi connectivity index (χ2n) is 4.67. The van der Waals surface area contributed by atoms with Gasteiger partial charge in [-0.2, -0.15) is 0 Å². The van der Waals surface area contributed by atoms with Crippen molar-refractivity contribution in [3.8, 4) is 0 Å². The molecular formula is C18H16FNO3. The van der Waals surface area contributed by atoms with E-state index in [1.807, 2.05) is 0 Å². The summed E-state index contributed by atoms with van der Waals surface area (Å²) in [6, 6.07) is 12.2. The second kappa shape index (κ2) is 7.89. The van der Waals surface area contributed by atoms with Crippen LogP contribution in [0.1, 0.15) is 22.8 Å². The molecule has 23 heavy (non-hydrogen) atoms. The summed E-state index contributed by atoms with van der Waals surface area (Å²) in [6.07, 6.45) is 2.94. The molecule has 0 saturated heterocycles. The quantitative estimate of drug-likeness (QED) is 0.677. The Kier molecular flexibility index (Phi) is 5.63. The number of benzene rings is 2. The smallest absolute Gasteiger partial charge is 0.338 e. The molecule has 1 amide bonds. The van der Waals surface area contributed by atoms with E-state index in [0.717, 1.165) is 5.56 Å². The summed E-state index contributed by atoms with van der Waals surface area (Å²) in [5.41, 5.74) is 1.71. The predicted octanol–water partition coefficient (Wildman–Crippen LogP) is 3.65. The molecule has 1 N–H and O–H groups in total. The van der Waals surface area contributed by atoms with E-state index in [9.17, 15) is 14.0 Å². The normalized spacial score (nSPS) is 10.5. The van der Waals surface area contributed by atoms with Gasteiger partial charge in [0.2, 0.25) is 5.91 Å². The van der Waals surface area contributed by atoms with Gasteiger partial charge in [-0.05, 0) is 55.0 Å². The number of halogens is 1. The standard InChI is InChI=1S/C18H16FNO3/c1-2-23-18(22)14-6-10-16(11-7-14)20-17(21)12-5-13-3-8-15(19)9-4-13/h3-12H,2H2,1H3,(H,20,21). The van der Waals surface area contributed by atoms with Gasteiger partial charge in [-0.25, -0.2) is 9.18 Å². The number of anilines is 1. The van der Waals surface area contributed by atoms with Gasteiger partial charge in [0.15, 0.2) is 0 Å². The Hall–Kier alpha value is -2.95. The Morgan fingerprint density at radius 3 is 2.35 bits per heavy atom. The average molecular weight is 313 g/mol. The molecule has 4 nitrogen and oxygen atoms in total. The van der Waals surface area contributed by atoms with Crippen molar-refractivity contribution in [2.45, 2.75) is 6.92 Å². The summed E-state index contributed by atoms with van der Waals surface area (Å²) in [6.45, 7) is 2.05. The zero-order valence-corrected chi connectivity index (χ0v) is 12.6. The van der Waals surface area contributed by atoms with Crippen LogP contribution in [0.3, 0.4) is 0 Å². The van der Waals surface area contributed by atoms with Crippen molar-refractivity contribution < 1.29 is 18.7 Å². The third kappa shape index (κ3) is 5.07. The lowest BCUT2D eigenvalue weighted by Crippen LogP contribution is -2.08. The Balaban J connectivity index is 1.94. The van der Waals surface area contributed by atoms with Gasteiger partial charge < -0.3 is 10.1 Å². The van der Waals surface area contributed by atoms with E-state index in [1.54, 1.807) is 49.4 Å². The van der Waals surface area contributed by atoms with Crippen LogP contribution >= 0.6 is 0 Å². The average Bonchev–Trinajstić information content (AvgIpc) is 2.55. The summed E-state index contributed by atoms with van der Waals surface area (Å²) >= 11 is 0. The summed E-state index contributed by atoms with van der Waals surface area (Å²) in [7, 11) is 0. The Morgan fingerprint density at radius 2 is 1.74 bits per heavy atom. The molecule has 0 spiro atoms. The lowest BCUT2D eigenvalue weighted by atomic mass is 10.2. The van der Waals surface area contributed by atoms with Crippen LogP contribution in [-0.2, 0) is 9.53 Å². The van der Waals surface area contributed by atoms with Crippen molar-refractivity contribution in [1.82, 2.24) is 0 Å². The van der Waals surface area contributed by atoms with Crippen LogP contribution < -0.4 is 5.32 Å². The largest absolute Gasteiger partial charge is 0.462 e. The summed E-state index contributed by atoms with van der Waals surface area (Å²) < 4.78 is 17.7. The molecule has 0 unspecified atom stereocenters. The van der Waals surface area contributed by atoms with Gasteiger partial charge in [-0.3, -0.25) is 4.79 Å². The van der Waals surface area contributed by atoms with Crippen molar-refractivity contribution >= 4 is 23.6 Å². The fourth-order valence-electron chi connectivity index (χ4n) is 1.83. The number of hydrogen-bond acceptors (Lipinski definition) is 3. The van der Waals surface area contributed by atoms with Gasteiger partial charge in [-0.15, -0.1) is 0 Å². The van der Waals surface area contributed by atoms with Crippen molar-refractivity contribution in [2.75, 3.05) is 11.9 Å². The fourth-order valence-corrected chi connectivity index (χ4v) is 1.83. The van der Waals surface area contributed by atoms with Gasteiger partial charge in [0, 0.05) is 11.8 Å². The highest BCUT2D eigenvalue weighted by atomic mass is 19.1. The van der Waals surface area contributed by atoms with Gasteiger partial charge >= 0.3 is 5.97 Å². The topological polar surface area (TPSA) is 55.4 Å². The fraction of sp³-hybridized carbons (Fsp3) is 0.111. The maximum Gasteiger partial charge on any atom is 0.338 e. The number of carbonyl (C=O) groups is 2. The SMILES string of the molecule is CCOC(=O)c1ccc(NC(=O)C=Cc2ccc(F)cc2)cc1. The van der Waals surface area contributed by atoms with Crippen LogP contribution in [0.5, 0.6) is 0 Å². The van der Waals surface area contributed by atoms with Crippen LogP contribution in [0.15, 0.2) is 54.6 Å². The molecule has 5 heteroatoms. The van der Waals surface area contributed by atoms with Crippen molar-refractivity contribution in [1.29, 1.82) is 0 Å². The van der Waals surface area contributed by atoms with Gasteiger partial charge in [0.25, 0.3) is 0 Å². The molecule has 2 rings (SSSR count). The highest BCUT2D eigenvalue weighted by Crippen LogP contribution is 2.11. The highest BCUT2D eigenvalue weighted by Gasteiger charge is 2.06. The van der Waals surface area contributed by atoms with E-state index >= 15 is 0 Å². The first kappa shape index (κ1) is 16.4. The number of ether oxygens (including phenoxy) is 1. The zero-order valence-electron chi connectivity index (χ0n) is 12.6. The molecule has 0 saturated carbocycles. The first-order chi connectivity index (χ1) is 11.1. The molecule has 118 valence electrons. The molecule has 0 aliphatic rings. The molecule has 0 atom stereocenters. The lowest BCUT2D eigenvalue weighted by molar-refractivity contribution is -0.111. The third-order valence-corrected chi connectivity index (χ3v) is 2.96. The molecule has 0 aliphatic heterocycles.